The number of para-hydroxylation sites is 1. The molecule has 0 saturated carbocycles. The van der Waals surface area contributed by atoms with Crippen molar-refractivity contribution >= 4 is 0 Å². The summed E-state index contributed by atoms with van der Waals surface area (Å²) < 4.78 is 5.71. The first kappa shape index (κ1) is 11.5. The van der Waals surface area contributed by atoms with Gasteiger partial charge >= 0.3 is 0 Å². The fourth-order valence-corrected chi connectivity index (χ4v) is 2.64. The van der Waals surface area contributed by atoms with Crippen molar-refractivity contribution in [2.75, 3.05) is 13.2 Å². The molecule has 88 valence electrons. The largest absolute Gasteiger partial charge is 0.494 e. The lowest BCUT2D eigenvalue weighted by Gasteiger charge is -2.21. The van der Waals surface area contributed by atoms with Gasteiger partial charge in [-0.15, -0.1) is 0 Å². The zero-order chi connectivity index (χ0) is 11.4. The Balaban J connectivity index is 2.24. The van der Waals surface area contributed by atoms with E-state index in [1.807, 2.05) is 6.92 Å². The van der Waals surface area contributed by atoms with Crippen molar-refractivity contribution in [3.05, 3.63) is 29.8 Å². The first-order valence-electron chi connectivity index (χ1n) is 6.32. The standard InChI is InChI=1S/C14H21NO/c1-3-13-11(9-10-15-13)12-7-5-6-8-14(12)16-4-2/h5-8,11,13,15H,3-4,9-10H2,1-2H3. The lowest BCUT2D eigenvalue weighted by Crippen LogP contribution is -2.25. The summed E-state index contributed by atoms with van der Waals surface area (Å²) in [5.41, 5.74) is 1.38. The van der Waals surface area contributed by atoms with Gasteiger partial charge in [-0.05, 0) is 37.9 Å². The topological polar surface area (TPSA) is 21.3 Å². The molecule has 1 aliphatic rings. The van der Waals surface area contributed by atoms with Gasteiger partial charge < -0.3 is 10.1 Å². The number of hydrogen-bond donors (Lipinski definition) is 1. The van der Waals surface area contributed by atoms with E-state index in [1.54, 1.807) is 0 Å². The molecule has 1 N–H and O–H groups in total. The van der Waals surface area contributed by atoms with Gasteiger partial charge in [-0.2, -0.15) is 0 Å². The molecule has 0 amide bonds. The van der Waals surface area contributed by atoms with Gasteiger partial charge in [0, 0.05) is 12.0 Å². The summed E-state index contributed by atoms with van der Waals surface area (Å²) in [6, 6.07) is 9.08. The lowest BCUT2D eigenvalue weighted by molar-refractivity contribution is 0.332. The van der Waals surface area contributed by atoms with Crippen LogP contribution in [0.5, 0.6) is 5.75 Å². The molecule has 1 fully saturated rings. The second-order valence-electron chi connectivity index (χ2n) is 4.33. The van der Waals surface area contributed by atoms with E-state index in [0.29, 0.717) is 12.0 Å². The summed E-state index contributed by atoms with van der Waals surface area (Å²) in [6.07, 6.45) is 2.41. The molecular weight excluding hydrogens is 198 g/mol. The van der Waals surface area contributed by atoms with Crippen LogP contribution >= 0.6 is 0 Å². The second-order valence-corrected chi connectivity index (χ2v) is 4.33. The number of ether oxygens (including phenoxy) is 1. The van der Waals surface area contributed by atoms with E-state index in [4.69, 9.17) is 4.74 Å². The summed E-state index contributed by atoms with van der Waals surface area (Å²) in [4.78, 5) is 0. The minimum atomic E-state index is 0.613. The Morgan fingerprint density at radius 3 is 2.88 bits per heavy atom. The first-order valence-corrected chi connectivity index (χ1v) is 6.32. The Kier molecular flexibility index (Phi) is 3.83. The Morgan fingerprint density at radius 2 is 2.12 bits per heavy atom. The van der Waals surface area contributed by atoms with Crippen molar-refractivity contribution in [2.45, 2.75) is 38.6 Å². The highest BCUT2D eigenvalue weighted by molar-refractivity contribution is 5.37. The van der Waals surface area contributed by atoms with Crippen LogP contribution in [0.3, 0.4) is 0 Å². The number of hydrogen-bond acceptors (Lipinski definition) is 2. The smallest absolute Gasteiger partial charge is 0.122 e. The molecule has 2 atom stereocenters. The van der Waals surface area contributed by atoms with Crippen LogP contribution in [0.2, 0.25) is 0 Å². The molecule has 2 nitrogen and oxygen atoms in total. The zero-order valence-corrected chi connectivity index (χ0v) is 10.2. The quantitative estimate of drug-likeness (QED) is 0.840. The van der Waals surface area contributed by atoms with E-state index in [-0.39, 0.29) is 0 Å². The molecule has 0 aromatic heterocycles. The van der Waals surface area contributed by atoms with E-state index >= 15 is 0 Å². The normalized spacial score (nSPS) is 24.6. The first-order chi connectivity index (χ1) is 7.86. The van der Waals surface area contributed by atoms with Crippen LogP contribution in [0.4, 0.5) is 0 Å². The van der Waals surface area contributed by atoms with Crippen molar-refractivity contribution in [1.82, 2.24) is 5.32 Å². The Morgan fingerprint density at radius 1 is 1.31 bits per heavy atom. The molecule has 2 unspecified atom stereocenters. The monoisotopic (exact) mass is 219 g/mol. The van der Waals surface area contributed by atoms with Crippen LogP contribution in [0.25, 0.3) is 0 Å². The van der Waals surface area contributed by atoms with Crippen molar-refractivity contribution in [3.63, 3.8) is 0 Å². The van der Waals surface area contributed by atoms with Crippen LogP contribution in [0.1, 0.15) is 38.2 Å². The van der Waals surface area contributed by atoms with Gasteiger partial charge in [0.05, 0.1) is 6.61 Å². The van der Waals surface area contributed by atoms with Crippen LogP contribution in [0, 0.1) is 0 Å². The molecular formula is C14H21NO. The minimum Gasteiger partial charge on any atom is -0.494 e. The highest BCUT2D eigenvalue weighted by Gasteiger charge is 2.28. The van der Waals surface area contributed by atoms with Crippen LogP contribution < -0.4 is 10.1 Å². The van der Waals surface area contributed by atoms with Gasteiger partial charge in [-0.25, -0.2) is 0 Å². The van der Waals surface area contributed by atoms with Crippen molar-refractivity contribution in [3.8, 4) is 5.75 Å². The van der Waals surface area contributed by atoms with Gasteiger partial charge in [-0.1, -0.05) is 25.1 Å². The SMILES string of the molecule is CCOc1ccccc1C1CCNC1CC. The molecule has 1 saturated heterocycles. The molecule has 1 heterocycles. The maximum absolute atomic E-state index is 5.71. The molecule has 16 heavy (non-hydrogen) atoms. The maximum atomic E-state index is 5.71. The van der Waals surface area contributed by atoms with Crippen molar-refractivity contribution in [2.24, 2.45) is 0 Å². The summed E-state index contributed by atoms with van der Waals surface area (Å²) >= 11 is 0. The molecule has 0 aliphatic carbocycles. The van der Waals surface area contributed by atoms with E-state index in [0.717, 1.165) is 18.9 Å². The predicted octanol–water partition coefficient (Wildman–Crippen LogP) is 2.94. The number of nitrogens with one attached hydrogen (secondary N) is 1. The molecule has 1 aromatic rings. The average molecular weight is 219 g/mol. The molecule has 2 heteroatoms. The fourth-order valence-electron chi connectivity index (χ4n) is 2.64. The van der Waals surface area contributed by atoms with Gasteiger partial charge in [0.1, 0.15) is 5.75 Å². The van der Waals surface area contributed by atoms with Crippen LogP contribution in [0.15, 0.2) is 24.3 Å². The third-order valence-electron chi connectivity index (χ3n) is 3.41. The second kappa shape index (κ2) is 5.35. The summed E-state index contributed by atoms with van der Waals surface area (Å²) in [7, 11) is 0. The van der Waals surface area contributed by atoms with E-state index in [9.17, 15) is 0 Å². The van der Waals surface area contributed by atoms with E-state index < -0.39 is 0 Å². The third kappa shape index (κ3) is 2.22. The van der Waals surface area contributed by atoms with Crippen molar-refractivity contribution < 1.29 is 4.74 Å². The summed E-state index contributed by atoms with van der Waals surface area (Å²) in [5.74, 6) is 1.69. The molecule has 1 aliphatic heterocycles. The molecule has 0 radical (unpaired) electrons. The van der Waals surface area contributed by atoms with Crippen molar-refractivity contribution in [1.29, 1.82) is 0 Å². The maximum Gasteiger partial charge on any atom is 0.122 e. The number of rotatable bonds is 4. The molecule has 0 spiro atoms. The van der Waals surface area contributed by atoms with E-state index in [2.05, 4.69) is 36.5 Å². The van der Waals surface area contributed by atoms with Crippen LogP contribution in [-0.4, -0.2) is 19.2 Å². The summed E-state index contributed by atoms with van der Waals surface area (Å²) in [5, 5.41) is 3.57. The van der Waals surface area contributed by atoms with Gasteiger partial charge in [0.15, 0.2) is 0 Å². The number of benzene rings is 1. The Hall–Kier alpha value is -1.02. The highest BCUT2D eigenvalue weighted by atomic mass is 16.5. The van der Waals surface area contributed by atoms with E-state index in [1.165, 1.54) is 18.4 Å². The van der Waals surface area contributed by atoms with Gasteiger partial charge in [-0.3, -0.25) is 0 Å². The summed E-state index contributed by atoms with van der Waals surface area (Å²) in [6.45, 7) is 6.16. The third-order valence-corrected chi connectivity index (χ3v) is 3.41. The van der Waals surface area contributed by atoms with Gasteiger partial charge in [0.2, 0.25) is 0 Å². The average Bonchev–Trinajstić information content (AvgIpc) is 2.78. The van der Waals surface area contributed by atoms with Crippen LogP contribution in [-0.2, 0) is 0 Å². The van der Waals surface area contributed by atoms with Gasteiger partial charge in [0.25, 0.3) is 0 Å². The molecule has 2 rings (SSSR count). The Bertz CT molecular complexity index is 337. The minimum absolute atomic E-state index is 0.613. The highest BCUT2D eigenvalue weighted by Crippen LogP contribution is 2.35. The molecule has 0 bridgehead atoms. The fraction of sp³-hybridized carbons (Fsp3) is 0.571. The zero-order valence-electron chi connectivity index (χ0n) is 10.2. The Labute approximate surface area is 98.0 Å². The molecule has 1 aromatic carbocycles. The lowest BCUT2D eigenvalue weighted by atomic mass is 9.90. The predicted molar refractivity (Wildman–Crippen MR) is 67.1 cm³/mol.